The van der Waals surface area contributed by atoms with Crippen molar-refractivity contribution in [2.24, 2.45) is 5.92 Å². The van der Waals surface area contributed by atoms with E-state index in [1.54, 1.807) is 12.1 Å². The molecular formula is C15H20N2O4S. The molecular weight excluding hydrogens is 304 g/mol. The minimum atomic E-state index is -3.16. The number of para-hydroxylation sites is 2. The molecule has 120 valence electrons. The van der Waals surface area contributed by atoms with E-state index in [4.69, 9.17) is 4.74 Å². The van der Waals surface area contributed by atoms with Gasteiger partial charge in [0.2, 0.25) is 15.9 Å². The van der Waals surface area contributed by atoms with Crippen LogP contribution < -0.4 is 10.1 Å². The van der Waals surface area contributed by atoms with E-state index in [9.17, 15) is 13.2 Å². The molecule has 0 unspecified atom stereocenters. The molecule has 2 fully saturated rings. The van der Waals surface area contributed by atoms with Crippen LogP contribution >= 0.6 is 0 Å². The van der Waals surface area contributed by atoms with Crippen LogP contribution in [0.4, 0.5) is 5.69 Å². The first kappa shape index (κ1) is 15.3. The number of sulfonamides is 1. The summed E-state index contributed by atoms with van der Waals surface area (Å²) in [5, 5.41) is 2.62. The third kappa shape index (κ3) is 2.96. The molecule has 0 aromatic heterocycles. The summed E-state index contributed by atoms with van der Waals surface area (Å²) in [4.78, 5) is 12.2. The van der Waals surface area contributed by atoms with Gasteiger partial charge in [0.1, 0.15) is 5.75 Å². The number of carbonyl (C=O) groups is 1. The number of carbonyl (C=O) groups excluding carboxylic acids is 1. The molecule has 0 radical (unpaired) electrons. The average molecular weight is 324 g/mol. The van der Waals surface area contributed by atoms with Gasteiger partial charge in [0, 0.05) is 13.1 Å². The lowest BCUT2D eigenvalue weighted by atomic mass is 10.0. The summed E-state index contributed by atoms with van der Waals surface area (Å²) in [6, 6.07) is 7.24. The highest BCUT2D eigenvalue weighted by molar-refractivity contribution is 7.90. The molecule has 2 aliphatic rings. The number of ether oxygens (including phenoxy) is 1. The van der Waals surface area contributed by atoms with Gasteiger partial charge in [-0.2, -0.15) is 4.31 Å². The zero-order valence-electron chi connectivity index (χ0n) is 12.5. The summed E-state index contributed by atoms with van der Waals surface area (Å²) in [5.41, 5.74) is 0.623. The molecule has 1 aliphatic carbocycles. The van der Waals surface area contributed by atoms with Gasteiger partial charge in [-0.1, -0.05) is 12.1 Å². The van der Waals surface area contributed by atoms with E-state index in [0.29, 0.717) is 18.0 Å². The number of nitrogens with zero attached hydrogens (tertiary/aromatic N) is 1. The number of nitrogens with one attached hydrogen (secondary N) is 1. The maximum atomic E-state index is 12.2. The SMILES string of the molecule is CCOc1ccccc1NC(=O)C1CN(S(=O)(=O)C2CC2)C1. The van der Waals surface area contributed by atoms with Crippen LogP contribution in [0.15, 0.2) is 24.3 Å². The molecule has 1 aromatic rings. The molecule has 7 heteroatoms. The van der Waals surface area contributed by atoms with Crippen molar-refractivity contribution in [1.29, 1.82) is 0 Å². The van der Waals surface area contributed by atoms with Gasteiger partial charge in [-0.15, -0.1) is 0 Å². The normalized spacial score (nSPS) is 19.5. The molecule has 1 saturated carbocycles. The second-order valence-electron chi connectivity index (χ2n) is 5.68. The van der Waals surface area contributed by atoms with E-state index in [1.807, 2.05) is 19.1 Å². The van der Waals surface area contributed by atoms with Gasteiger partial charge in [0.05, 0.1) is 23.5 Å². The minimum absolute atomic E-state index is 0.158. The van der Waals surface area contributed by atoms with Crippen molar-refractivity contribution in [2.45, 2.75) is 25.0 Å². The third-order valence-electron chi connectivity index (χ3n) is 3.97. The zero-order valence-corrected chi connectivity index (χ0v) is 13.3. The van der Waals surface area contributed by atoms with Gasteiger partial charge >= 0.3 is 0 Å². The topological polar surface area (TPSA) is 75.7 Å². The monoisotopic (exact) mass is 324 g/mol. The summed E-state index contributed by atoms with van der Waals surface area (Å²) in [5.74, 6) is 0.178. The van der Waals surface area contributed by atoms with Gasteiger partial charge in [0.15, 0.2) is 0 Å². The second-order valence-corrected chi connectivity index (χ2v) is 7.89. The van der Waals surface area contributed by atoms with Crippen molar-refractivity contribution in [3.63, 3.8) is 0 Å². The standard InChI is InChI=1S/C15H20N2O4S/c1-2-21-14-6-4-3-5-13(14)16-15(18)11-9-17(10-11)22(19,20)12-7-8-12/h3-6,11-12H,2,7-10H2,1H3,(H,16,18). The van der Waals surface area contributed by atoms with Crippen LogP contribution in [0.25, 0.3) is 0 Å². The predicted octanol–water partition coefficient (Wildman–Crippen LogP) is 1.45. The molecule has 1 amide bonds. The van der Waals surface area contributed by atoms with Crippen LogP contribution in [0.5, 0.6) is 5.75 Å². The van der Waals surface area contributed by atoms with E-state index in [1.165, 1.54) is 4.31 Å². The first-order valence-corrected chi connectivity index (χ1v) is 9.04. The molecule has 1 N–H and O–H groups in total. The highest BCUT2D eigenvalue weighted by Crippen LogP contribution is 2.35. The summed E-state index contributed by atoms with van der Waals surface area (Å²) in [6.07, 6.45) is 1.49. The Labute approximate surface area is 130 Å². The van der Waals surface area contributed by atoms with Crippen molar-refractivity contribution in [1.82, 2.24) is 4.31 Å². The van der Waals surface area contributed by atoms with Gasteiger partial charge in [-0.25, -0.2) is 8.42 Å². The summed E-state index contributed by atoms with van der Waals surface area (Å²) in [6.45, 7) is 2.96. The molecule has 6 nitrogen and oxygen atoms in total. The Balaban J connectivity index is 1.58. The summed E-state index contributed by atoms with van der Waals surface area (Å²) < 4.78 is 30.9. The van der Waals surface area contributed by atoms with Crippen molar-refractivity contribution in [3.8, 4) is 5.75 Å². The lowest BCUT2D eigenvalue weighted by Crippen LogP contribution is -2.55. The third-order valence-corrected chi connectivity index (χ3v) is 6.30. The molecule has 0 spiro atoms. The van der Waals surface area contributed by atoms with Crippen LogP contribution in [0.1, 0.15) is 19.8 Å². The maximum Gasteiger partial charge on any atom is 0.230 e. The molecule has 0 bridgehead atoms. The average Bonchev–Trinajstić information content (AvgIpc) is 3.24. The number of anilines is 1. The van der Waals surface area contributed by atoms with E-state index in [0.717, 1.165) is 12.8 Å². The second kappa shape index (κ2) is 5.89. The summed E-state index contributed by atoms with van der Waals surface area (Å²) >= 11 is 0. The van der Waals surface area contributed by atoms with E-state index in [2.05, 4.69) is 5.32 Å². The van der Waals surface area contributed by atoms with Gasteiger partial charge in [-0.3, -0.25) is 4.79 Å². The Morgan fingerprint density at radius 1 is 1.32 bits per heavy atom. The van der Waals surface area contributed by atoms with Crippen LogP contribution in [-0.2, 0) is 14.8 Å². The lowest BCUT2D eigenvalue weighted by Gasteiger charge is -2.37. The van der Waals surface area contributed by atoms with Crippen LogP contribution in [-0.4, -0.2) is 43.6 Å². The van der Waals surface area contributed by atoms with E-state index < -0.39 is 10.0 Å². The van der Waals surface area contributed by atoms with Crippen LogP contribution in [0, 0.1) is 5.92 Å². The largest absolute Gasteiger partial charge is 0.492 e. The number of amides is 1. The first-order chi connectivity index (χ1) is 10.5. The Hall–Kier alpha value is -1.60. The minimum Gasteiger partial charge on any atom is -0.492 e. The van der Waals surface area contributed by atoms with Crippen molar-refractivity contribution < 1.29 is 17.9 Å². The Morgan fingerprint density at radius 2 is 2.00 bits per heavy atom. The molecule has 3 rings (SSSR count). The van der Waals surface area contributed by atoms with Crippen molar-refractivity contribution in [2.75, 3.05) is 25.0 Å². The molecule has 1 saturated heterocycles. The molecule has 1 aliphatic heterocycles. The lowest BCUT2D eigenvalue weighted by molar-refractivity contribution is -0.122. The zero-order chi connectivity index (χ0) is 15.7. The number of benzene rings is 1. The number of hydrogen-bond acceptors (Lipinski definition) is 4. The highest BCUT2D eigenvalue weighted by Gasteiger charge is 2.46. The molecule has 1 heterocycles. The fourth-order valence-corrected chi connectivity index (χ4v) is 4.40. The van der Waals surface area contributed by atoms with Crippen LogP contribution in [0.2, 0.25) is 0 Å². The number of hydrogen-bond donors (Lipinski definition) is 1. The van der Waals surface area contributed by atoms with E-state index >= 15 is 0 Å². The Morgan fingerprint density at radius 3 is 2.64 bits per heavy atom. The molecule has 22 heavy (non-hydrogen) atoms. The molecule has 0 atom stereocenters. The fraction of sp³-hybridized carbons (Fsp3) is 0.533. The first-order valence-electron chi connectivity index (χ1n) is 7.54. The smallest absolute Gasteiger partial charge is 0.230 e. The van der Waals surface area contributed by atoms with Crippen LogP contribution in [0.3, 0.4) is 0 Å². The van der Waals surface area contributed by atoms with Gasteiger partial charge in [0.25, 0.3) is 0 Å². The fourth-order valence-electron chi connectivity index (χ4n) is 2.47. The molecule has 1 aromatic carbocycles. The quantitative estimate of drug-likeness (QED) is 0.859. The predicted molar refractivity (Wildman–Crippen MR) is 83.2 cm³/mol. The van der Waals surface area contributed by atoms with Gasteiger partial charge < -0.3 is 10.1 Å². The Kier molecular flexibility index (Phi) is 4.10. The Bertz CT molecular complexity index is 664. The highest BCUT2D eigenvalue weighted by atomic mass is 32.2. The summed E-state index contributed by atoms with van der Waals surface area (Å²) in [7, 11) is -3.16. The number of rotatable bonds is 6. The van der Waals surface area contributed by atoms with E-state index in [-0.39, 0.29) is 30.2 Å². The maximum absolute atomic E-state index is 12.2. The van der Waals surface area contributed by atoms with Gasteiger partial charge in [-0.05, 0) is 31.9 Å². The van der Waals surface area contributed by atoms with Crippen molar-refractivity contribution in [3.05, 3.63) is 24.3 Å². The van der Waals surface area contributed by atoms with Crippen molar-refractivity contribution >= 4 is 21.6 Å².